The van der Waals surface area contributed by atoms with Crippen molar-refractivity contribution in [3.8, 4) is 0 Å². The van der Waals surface area contributed by atoms with Crippen LogP contribution in [0.2, 0.25) is 0 Å². The van der Waals surface area contributed by atoms with Gasteiger partial charge >= 0.3 is 6.09 Å². The number of methoxy groups -OCH3 is 1. The summed E-state index contributed by atoms with van der Waals surface area (Å²) in [5.41, 5.74) is -0.423. The van der Waals surface area contributed by atoms with Crippen LogP contribution >= 0.6 is 0 Å². The van der Waals surface area contributed by atoms with Crippen molar-refractivity contribution < 1.29 is 14.3 Å². The summed E-state index contributed by atoms with van der Waals surface area (Å²) in [7, 11) is 1.75. The summed E-state index contributed by atoms with van der Waals surface area (Å²) in [6, 6.07) is 1.42. The van der Waals surface area contributed by atoms with E-state index in [0.29, 0.717) is 24.2 Å². The highest BCUT2D eigenvalue weighted by Crippen LogP contribution is 2.37. The van der Waals surface area contributed by atoms with Gasteiger partial charge in [0, 0.05) is 31.3 Å². The fourth-order valence-corrected chi connectivity index (χ4v) is 3.64. The van der Waals surface area contributed by atoms with E-state index in [4.69, 9.17) is 9.47 Å². The smallest absolute Gasteiger partial charge is 0.410 e. The maximum absolute atomic E-state index is 12.4. The van der Waals surface area contributed by atoms with Crippen molar-refractivity contribution in [1.29, 1.82) is 0 Å². The Labute approximate surface area is 134 Å². The number of hydrogen-bond donors (Lipinski definition) is 1. The van der Waals surface area contributed by atoms with Crippen LogP contribution in [0.25, 0.3) is 0 Å². The van der Waals surface area contributed by atoms with Gasteiger partial charge in [-0.05, 0) is 60.3 Å². The van der Waals surface area contributed by atoms with Crippen molar-refractivity contribution in [3.63, 3.8) is 0 Å². The van der Waals surface area contributed by atoms with Crippen molar-refractivity contribution in [1.82, 2.24) is 10.2 Å². The predicted octanol–water partition coefficient (Wildman–Crippen LogP) is 2.93. The van der Waals surface area contributed by atoms with E-state index in [2.05, 4.69) is 19.2 Å². The second-order valence-corrected chi connectivity index (χ2v) is 7.84. The van der Waals surface area contributed by atoms with Gasteiger partial charge in [-0.3, -0.25) is 0 Å². The van der Waals surface area contributed by atoms with Gasteiger partial charge in [-0.15, -0.1) is 0 Å². The lowest BCUT2D eigenvalue weighted by atomic mass is 9.96. The van der Waals surface area contributed by atoms with Crippen molar-refractivity contribution in [2.24, 2.45) is 0 Å². The number of carbonyl (C=O) groups excluding carboxylic acids is 1. The summed E-state index contributed by atoms with van der Waals surface area (Å²) in [6.45, 7) is 10.0. The number of nitrogens with zero attached hydrogens (tertiary/aromatic N) is 1. The highest BCUT2D eigenvalue weighted by molar-refractivity contribution is 5.69. The van der Waals surface area contributed by atoms with Gasteiger partial charge in [0.25, 0.3) is 0 Å². The molecule has 0 aromatic carbocycles. The maximum atomic E-state index is 12.4. The van der Waals surface area contributed by atoms with Crippen LogP contribution in [0.4, 0.5) is 4.79 Å². The largest absolute Gasteiger partial charge is 0.444 e. The van der Waals surface area contributed by atoms with Gasteiger partial charge in [0.2, 0.25) is 0 Å². The lowest BCUT2D eigenvalue weighted by Gasteiger charge is -2.41. The second-order valence-electron chi connectivity index (χ2n) is 7.84. The number of rotatable bonds is 4. The third-order valence-corrected chi connectivity index (χ3v) is 4.91. The summed E-state index contributed by atoms with van der Waals surface area (Å²) in [6.07, 6.45) is 4.26. The van der Waals surface area contributed by atoms with E-state index in [1.54, 1.807) is 7.11 Å². The van der Waals surface area contributed by atoms with Crippen molar-refractivity contribution in [2.45, 2.75) is 96.2 Å². The molecule has 0 radical (unpaired) electrons. The quantitative estimate of drug-likeness (QED) is 0.867. The van der Waals surface area contributed by atoms with Gasteiger partial charge in [0.1, 0.15) is 5.60 Å². The molecule has 0 aromatic heterocycles. The average Bonchev–Trinajstić information content (AvgIpc) is 2.68. The Balaban J connectivity index is 1.93. The van der Waals surface area contributed by atoms with Gasteiger partial charge in [0.05, 0.1) is 6.10 Å². The van der Waals surface area contributed by atoms with Crippen molar-refractivity contribution in [2.75, 3.05) is 7.11 Å². The van der Waals surface area contributed by atoms with Crippen LogP contribution in [0.5, 0.6) is 0 Å². The zero-order valence-corrected chi connectivity index (χ0v) is 14.9. The Morgan fingerprint density at radius 3 is 2.18 bits per heavy atom. The molecule has 2 aliphatic heterocycles. The average molecular weight is 312 g/mol. The first-order valence-corrected chi connectivity index (χ1v) is 8.51. The van der Waals surface area contributed by atoms with Crippen LogP contribution in [-0.4, -0.2) is 54.0 Å². The van der Waals surface area contributed by atoms with Crippen LogP contribution < -0.4 is 5.32 Å². The van der Waals surface area contributed by atoms with E-state index in [1.165, 1.54) is 0 Å². The van der Waals surface area contributed by atoms with Crippen LogP contribution in [-0.2, 0) is 9.47 Å². The lowest BCUT2D eigenvalue weighted by Crippen LogP contribution is -2.55. The third-order valence-electron chi connectivity index (χ3n) is 4.91. The molecule has 2 saturated heterocycles. The minimum Gasteiger partial charge on any atom is -0.444 e. The van der Waals surface area contributed by atoms with E-state index in [1.807, 2.05) is 25.7 Å². The molecule has 5 heteroatoms. The predicted molar refractivity (Wildman–Crippen MR) is 87.0 cm³/mol. The molecular weight excluding hydrogens is 280 g/mol. The summed E-state index contributed by atoms with van der Waals surface area (Å²) >= 11 is 0. The molecule has 2 fully saturated rings. The molecule has 2 heterocycles. The van der Waals surface area contributed by atoms with E-state index in [-0.39, 0.29) is 12.2 Å². The van der Waals surface area contributed by atoms with E-state index in [9.17, 15) is 4.79 Å². The number of ether oxygens (including phenoxy) is 2. The highest BCUT2D eigenvalue weighted by atomic mass is 16.6. The van der Waals surface area contributed by atoms with Crippen LogP contribution in [0.3, 0.4) is 0 Å². The number of fused-ring (bicyclic) bond motifs is 2. The maximum Gasteiger partial charge on any atom is 0.410 e. The molecule has 4 unspecified atom stereocenters. The molecule has 0 saturated carbocycles. The molecule has 0 spiro atoms. The molecule has 128 valence electrons. The van der Waals surface area contributed by atoms with Crippen LogP contribution in [0, 0.1) is 0 Å². The molecule has 2 aliphatic rings. The third kappa shape index (κ3) is 4.13. The molecule has 0 aliphatic carbocycles. The van der Waals surface area contributed by atoms with Gasteiger partial charge in [-0.1, -0.05) is 0 Å². The topological polar surface area (TPSA) is 50.8 Å². The first-order valence-electron chi connectivity index (χ1n) is 8.51. The number of nitrogens with one attached hydrogen (secondary N) is 1. The Morgan fingerprint density at radius 2 is 1.73 bits per heavy atom. The van der Waals surface area contributed by atoms with E-state index >= 15 is 0 Å². The number of hydrogen-bond acceptors (Lipinski definition) is 4. The SMILES string of the molecule is COC(C)C(C)NC1CC2CCC(C1)N2C(=O)OC(C)(C)C. The summed E-state index contributed by atoms with van der Waals surface area (Å²) in [5.74, 6) is 0. The van der Waals surface area contributed by atoms with Gasteiger partial charge < -0.3 is 19.7 Å². The zero-order valence-electron chi connectivity index (χ0n) is 14.9. The number of carbonyl (C=O) groups is 1. The number of amides is 1. The highest BCUT2D eigenvalue weighted by Gasteiger charge is 2.45. The lowest BCUT2D eigenvalue weighted by molar-refractivity contribution is 0.00272. The normalized spacial score (nSPS) is 31.0. The van der Waals surface area contributed by atoms with Gasteiger partial charge in [-0.25, -0.2) is 4.79 Å². The molecule has 4 atom stereocenters. The Hall–Kier alpha value is -0.810. The van der Waals surface area contributed by atoms with Crippen LogP contribution in [0.15, 0.2) is 0 Å². The Morgan fingerprint density at radius 1 is 1.18 bits per heavy atom. The molecule has 0 aromatic rings. The Bertz CT molecular complexity index is 380. The molecule has 2 bridgehead atoms. The first kappa shape index (κ1) is 17.5. The van der Waals surface area contributed by atoms with Crippen molar-refractivity contribution in [3.05, 3.63) is 0 Å². The van der Waals surface area contributed by atoms with Crippen LogP contribution in [0.1, 0.15) is 60.3 Å². The number of piperidine rings is 1. The fourth-order valence-electron chi connectivity index (χ4n) is 3.64. The molecule has 22 heavy (non-hydrogen) atoms. The second kappa shape index (κ2) is 6.75. The van der Waals surface area contributed by atoms with Crippen molar-refractivity contribution >= 4 is 6.09 Å². The first-order chi connectivity index (χ1) is 10.2. The minimum absolute atomic E-state index is 0.142. The van der Waals surface area contributed by atoms with Gasteiger partial charge in [-0.2, -0.15) is 0 Å². The summed E-state index contributed by atoms with van der Waals surface area (Å²) in [5, 5.41) is 3.67. The van der Waals surface area contributed by atoms with E-state index < -0.39 is 5.60 Å². The molecule has 1 amide bonds. The fraction of sp³-hybridized carbons (Fsp3) is 0.941. The molecular formula is C17H32N2O3. The minimum atomic E-state index is -0.423. The standard InChI is InChI=1S/C17H32N2O3/c1-11(12(2)21-6)18-13-9-14-7-8-15(10-13)19(14)16(20)22-17(3,4)5/h11-15,18H,7-10H2,1-6H3. The van der Waals surface area contributed by atoms with Gasteiger partial charge in [0.15, 0.2) is 0 Å². The molecule has 1 N–H and O–H groups in total. The Kier molecular flexibility index (Phi) is 5.38. The molecule has 5 nitrogen and oxygen atoms in total. The zero-order chi connectivity index (χ0) is 16.5. The van der Waals surface area contributed by atoms with E-state index in [0.717, 1.165) is 25.7 Å². The molecule has 2 rings (SSSR count). The monoisotopic (exact) mass is 312 g/mol. The summed E-state index contributed by atoms with van der Waals surface area (Å²) < 4.78 is 11.0. The summed E-state index contributed by atoms with van der Waals surface area (Å²) in [4.78, 5) is 14.4.